The maximum absolute atomic E-state index is 9.55. The van der Waals surface area contributed by atoms with E-state index in [1.165, 1.54) is 10.5 Å². The van der Waals surface area contributed by atoms with Gasteiger partial charge in [-0.15, -0.1) is 11.8 Å². The van der Waals surface area contributed by atoms with Gasteiger partial charge in [0.1, 0.15) is 0 Å². The van der Waals surface area contributed by atoms with Crippen molar-refractivity contribution in [1.29, 1.82) is 0 Å². The lowest BCUT2D eigenvalue weighted by Crippen LogP contribution is -2.17. The Morgan fingerprint density at radius 3 is 2.60 bits per heavy atom. The van der Waals surface area contributed by atoms with Crippen molar-refractivity contribution in [2.75, 3.05) is 19.0 Å². The molecule has 1 rings (SSSR count). The molecule has 0 spiro atoms. The molecule has 0 amide bonds. The molecule has 0 bridgehead atoms. The van der Waals surface area contributed by atoms with Gasteiger partial charge in [-0.25, -0.2) is 0 Å². The summed E-state index contributed by atoms with van der Waals surface area (Å²) in [5, 5.41) is 9.55. The van der Waals surface area contributed by atoms with Crippen LogP contribution in [0.15, 0.2) is 29.2 Å². The zero-order valence-electron chi connectivity index (χ0n) is 9.27. The molecule has 15 heavy (non-hydrogen) atoms. The van der Waals surface area contributed by atoms with Crippen LogP contribution in [0.1, 0.15) is 12.5 Å². The van der Waals surface area contributed by atoms with Crippen LogP contribution >= 0.6 is 11.8 Å². The Morgan fingerprint density at radius 2 is 2.00 bits per heavy atom. The second-order valence-corrected chi connectivity index (χ2v) is 4.53. The third-order valence-corrected chi connectivity index (χ3v) is 3.13. The number of thioether (sulfide) groups is 1. The summed E-state index contributed by atoms with van der Waals surface area (Å²) in [6.07, 6.45) is -0.378. The van der Waals surface area contributed by atoms with Gasteiger partial charge in [-0.3, -0.25) is 0 Å². The number of aliphatic hydroxyl groups is 1. The van der Waals surface area contributed by atoms with Gasteiger partial charge in [0.15, 0.2) is 0 Å². The summed E-state index contributed by atoms with van der Waals surface area (Å²) in [5.41, 5.74) is 1.26. The second kappa shape index (κ2) is 6.88. The van der Waals surface area contributed by atoms with E-state index in [1.54, 1.807) is 11.8 Å². The van der Waals surface area contributed by atoms with Crippen LogP contribution in [0.4, 0.5) is 0 Å². The molecule has 3 heteroatoms. The zero-order valence-corrected chi connectivity index (χ0v) is 10.1. The molecule has 1 aromatic rings. The summed E-state index contributed by atoms with van der Waals surface area (Å²) in [7, 11) is 0. The maximum Gasteiger partial charge on any atom is 0.0867 e. The highest BCUT2D eigenvalue weighted by atomic mass is 32.2. The van der Waals surface area contributed by atoms with E-state index in [9.17, 15) is 5.11 Å². The van der Waals surface area contributed by atoms with Gasteiger partial charge in [0.2, 0.25) is 0 Å². The minimum atomic E-state index is -0.378. The average molecular weight is 226 g/mol. The lowest BCUT2D eigenvalue weighted by Gasteiger charge is -2.09. The molecule has 1 N–H and O–H groups in total. The van der Waals surface area contributed by atoms with E-state index in [0.717, 1.165) is 0 Å². The first kappa shape index (κ1) is 12.6. The van der Waals surface area contributed by atoms with E-state index in [2.05, 4.69) is 31.2 Å². The summed E-state index contributed by atoms with van der Waals surface area (Å²) in [6, 6.07) is 8.31. The van der Waals surface area contributed by atoms with Crippen molar-refractivity contribution in [2.24, 2.45) is 0 Å². The van der Waals surface area contributed by atoms with E-state index >= 15 is 0 Å². The number of ether oxygens (including phenoxy) is 1. The SMILES string of the molecule is CCOCC(O)CSc1ccc(C)cc1. The molecule has 0 aromatic heterocycles. The lowest BCUT2D eigenvalue weighted by atomic mass is 10.2. The second-order valence-electron chi connectivity index (χ2n) is 3.44. The van der Waals surface area contributed by atoms with Crippen LogP contribution in [0.2, 0.25) is 0 Å². The largest absolute Gasteiger partial charge is 0.390 e. The Kier molecular flexibility index (Phi) is 5.76. The summed E-state index contributed by atoms with van der Waals surface area (Å²) < 4.78 is 5.14. The van der Waals surface area contributed by atoms with E-state index in [1.807, 2.05) is 6.92 Å². The number of benzene rings is 1. The van der Waals surface area contributed by atoms with Crippen molar-refractivity contribution >= 4 is 11.8 Å². The van der Waals surface area contributed by atoms with Crippen molar-refractivity contribution in [3.63, 3.8) is 0 Å². The smallest absolute Gasteiger partial charge is 0.0867 e. The highest BCUT2D eigenvalue weighted by Gasteiger charge is 2.04. The Bertz CT molecular complexity index is 271. The molecular formula is C12H18O2S. The molecule has 0 fully saturated rings. The van der Waals surface area contributed by atoms with Crippen LogP contribution in [0, 0.1) is 6.92 Å². The number of hydrogen-bond acceptors (Lipinski definition) is 3. The van der Waals surface area contributed by atoms with Gasteiger partial charge in [-0.05, 0) is 26.0 Å². The highest BCUT2D eigenvalue weighted by molar-refractivity contribution is 7.99. The van der Waals surface area contributed by atoms with E-state index in [-0.39, 0.29) is 6.10 Å². The molecule has 0 heterocycles. The van der Waals surface area contributed by atoms with E-state index < -0.39 is 0 Å². The van der Waals surface area contributed by atoms with Gasteiger partial charge in [0, 0.05) is 17.3 Å². The average Bonchev–Trinajstić information content (AvgIpc) is 2.25. The summed E-state index contributed by atoms with van der Waals surface area (Å²) in [6.45, 7) is 5.08. The first-order valence-electron chi connectivity index (χ1n) is 5.17. The molecule has 0 aliphatic heterocycles. The van der Waals surface area contributed by atoms with Crippen LogP contribution in [-0.4, -0.2) is 30.2 Å². The third kappa shape index (κ3) is 5.21. The van der Waals surface area contributed by atoms with Crippen LogP contribution in [-0.2, 0) is 4.74 Å². The van der Waals surface area contributed by atoms with Crippen LogP contribution in [0.5, 0.6) is 0 Å². The van der Waals surface area contributed by atoms with Crippen LogP contribution in [0.3, 0.4) is 0 Å². The van der Waals surface area contributed by atoms with Gasteiger partial charge >= 0.3 is 0 Å². The summed E-state index contributed by atoms with van der Waals surface area (Å²) in [5.74, 6) is 0.684. The predicted octanol–water partition coefficient (Wildman–Crippen LogP) is 2.48. The minimum absolute atomic E-state index is 0.378. The molecule has 0 saturated heterocycles. The van der Waals surface area contributed by atoms with Crippen molar-refractivity contribution in [2.45, 2.75) is 24.8 Å². The molecule has 2 nitrogen and oxygen atoms in total. The van der Waals surface area contributed by atoms with Gasteiger partial charge < -0.3 is 9.84 Å². The number of aryl methyl sites for hydroxylation is 1. The molecule has 0 saturated carbocycles. The van der Waals surface area contributed by atoms with Crippen molar-refractivity contribution in [3.05, 3.63) is 29.8 Å². The monoisotopic (exact) mass is 226 g/mol. The molecule has 1 unspecified atom stereocenters. The molecular weight excluding hydrogens is 208 g/mol. The molecule has 1 atom stereocenters. The normalized spacial score (nSPS) is 12.7. The Morgan fingerprint density at radius 1 is 1.33 bits per heavy atom. The first-order valence-corrected chi connectivity index (χ1v) is 6.16. The Hall–Kier alpha value is -0.510. The standard InChI is InChI=1S/C12H18O2S/c1-3-14-8-11(13)9-15-12-6-4-10(2)5-7-12/h4-7,11,13H,3,8-9H2,1-2H3. The van der Waals surface area contributed by atoms with Gasteiger partial charge in [0.25, 0.3) is 0 Å². The zero-order chi connectivity index (χ0) is 11.1. The fraction of sp³-hybridized carbons (Fsp3) is 0.500. The van der Waals surface area contributed by atoms with Gasteiger partial charge in [-0.2, -0.15) is 0 Å². The quantitative estimate of drug-likeness (QED) is 0.756. The van der Waals surface area contributed by atoms with Crippen LogP contribution < -0.4 is 0 Å². The molecule has 0 aliphatic carbocycles. The lowest BCUT2D eigenvalue weighted by molar-refractivity contribution is 0.0551. The maximum atomic E-state index is 9.55. The van der Waals surface area contributed by atoms with Crippen molar-refractivity contribution in [1.82, 2.24) is 0 Å². The van der Waals surface area contributed by atoms with E-state index in [0.29, 0.717) is 19.0 Å². The van der Waals surface area contributed by atoms with Crippen LogP contribution in [0.25, 0.3) is 0 Å². The van der Waals surface area contributed by atoms with Crippen molar-refractivity contribution < 1.29 is 9.84 Å². The topological polar surface area (TPSA) is 29.5 Å². The molecule has 1 aromatic carbocycles. The Balaban J connectivity index is 2.27. The Labute approximate surface area is 95.7 Å². The molecule has 84 valence electrons. The third-order valence-electron chi connectivity index (χ3n) is 1.98. The number of rotatable bonds is 6. The minimum Gasteiger partial charge on any atom is -0.390 e. The molecule has 0 aliphatic rings. The number of hydrogen-bond donors (Lipinski definition) is 1. The fourth-order valence-electron chi connectivity index (χ4n) is 1.13. The fourth-order valence-corrected chi connectivity index (χ4v) is 1.94. The van der Waals surface area contributed by atoms with Gasteiger partial charge in [0.05, 0.1) is 12.7 Å². The first-order chi connectivity index (χ1) is 7.22. The van der Waals surface area contributed by atoms with Crippen molar-refractivity contribution in [3.8, 4) is 0 Å². The van der Waals surface area contributed by atoms with E-state index in [4.69, 9.17) is 4.74 Å². The number of aliphatic hydroxyl groups excluding tert-OH is 1. The molecule has 0 radical (unpaired) electrons. The summed E-state index contributed by atoms with van der Waals surface area (Å²) >= 11 is 1.66. The predicted molar refractivity (Wildman–Crippen MR) is 64.4 cm³/mol. The summed E-state index contributed by atoms with van der Waals surface area (Å²) in [4.78, 5) is 1.19. The van der Waals surface area contributed by atoms with Gasteiger partial charge in [-0.1, -0.05) is 17.7 Å². The highest BCUT2D eigenvalue weighted by Crippen LogP contribution is 2.19.